The number of hydrogen-bond acceptors (Lipinski definition) is 3. The fraction of sp³-hybridized carbons (Fsp3) is 0.471. The molecule has 0 bridgehead atoms. The van der Waals surface area contributed by atoms with Crippen molar-refractivity contribution in [1.82, 2.24) is 10.2 Å². The quantitative estimate of drug-likeness (QED) is 0.859. The average molecular weight is 284 g/mol. The molecule has 0 spiro atoms. The van der Waals surface area contributed by atoms with E-state index in [0.29, 0.717) is 0 Å². The molecule has 1 unspecified atom stereocenters. The van der Waals surface area contributed by atoms with Gasteiger partial charge in [0.2, 0.25) is 0 Å². The zero-order valence-electron chi connectivity index (χ0n) is 12.3. The van der Waals surface area contributed by atoms with E-state index in [4.69, 9.17) is 4.74 Å². The minimum atomic E-state index is 0.127. The molecule has 0 saturated heterocycles. The first-order chi connectivity index (χ1) is 10.3. The van der Waals surface area contributed by atoms with E-state index in [1.54, 1.807) is 7.11 Å². The molecule has 0 fully saturated rings. The molecule has 1 aromatic carbocycles. The van der Waals surface area contributed by atoms with Crippen LogP contribution in [0.1, 0.15) is 36.4 Å². The van der Waals surface area contributed by atoms with Gasteiger partial charge in [0.05, 0.1) is 13.2 Å². The number of ether oxygens (including phenoxy) is 1. The van der Waals surface area contributed by atoms with Gasteiger partial charge in [0.15, 0.2) is 0 Å². The van der Waals surface area contributed by atoms with Crippen LogP contribution in [-0.4, -0.2) is 31.0 Å². The lowest BCUT2D eigenvalue weighted by Gasteiger charge is -2.43. The number of nitrogens with one attached hydrogen (secondary N) is 1. The van der Waals surface area contributed by atoms with Crippen LogP contribution in [0.25, 0.3) is 0 Å². The van der Waals surface area contributed by atoms with Gasteiger partial charge < -0.3 is 15.0 Å². The highest BCUT2D eigenvalue weighted by Gasteiger charge is 2.40. The number of nitrogens with zero attached hydrogens (tertiary/aromatic N) is 1. The summed E-state index contributed by atoms with van der Waals surface area (Å²) in [5, 5.41) is 3.44. The Morgan fingerprint density at radius 1 is 1.33 bits per heavy atom. The molecule has 4 rings (SSSR count). The lowest BCUT2D eigenvalue weighted by molar-refractivity contribution is -0.131. The first kappa shape index (κ1) is 12.7. The second-order valence-electron chi connectivity index (χ2n) is 5.99. The first-order valence-electron chi connectivity index (χ1n) is 7.72. The van der Waals surface area contributed by atoms with Crippen LogP contribution in [0.5, 0.6) is 5.75 Å². The number of hydrogen-bond donors (Lipinski definition) is 1. The monoisotopic (exact) mass is 284 g/mol. The Labute approximate surface area is 124 Å². The lowest BCUT2D eigenvalue weighted by Crippen LogP contribution is -2.46. The molecule has 1 atom stereocenters. The van der Waals surface area contributed by atoms with Crippen LogP contribution in [0.4, 0.5) is 0 Å². The maximum Gasteiger partial charge on any atom is 0.252 e. The van der Waals surface area contributed by atoms with Crippen LogP contribution in [0.3, 0.4) is 0 Å². The van der Waals surface area contributed by atoms with Crippen LogP contribution >= 0.6 is 0 Å². The van der Waals surface area contributed by atoms with E-state index < -0.39 is 0 Å². The van der Waals surface area contributed by atoms with Gasteiger partial charge >= 0.3 is 0 Å². The van der Waals surface area contributed by atoms with Crippen molar-refractivity contribution in [2.24, 2.45) is 0 Å². The lowest BCUT2D eigenvalue weighted by atomic mass is 9.83. The van der Waals surface area contributed by atoms with Gasteiger partial charge in [-0.1, -0.05) is 12.1 Å². The summed E-state index contributed by atoms with van der Waals surface area (Å²) in [7, 11) is 1.71. The minimum Gasteiger partial charge on any atom is -0.496 e. The van der Waals surface area contributed by atoms with E-state index in [-0.39, 0.29) is 11.9 Å². The van der Waals surface area contributed by atoms with Gasteiger partial charge in [-0.25, -0.2) is 0 Å². The van der Waals surface area contributed by atoms with E-state index in [9.17, 15) is 4.79 Å². The van der Waals surface area contributed by atoms with Gasteiger partial charge in [-0.3, -0.25) is 4.79 Å². The number of methoxy groups -OCH3 is 1. The Balaban J connectivity index is 1.81. The molecular formula is C17H20N2O2. The van der Waals surface area contributed by atoms with Crippen molar-refractivity contribution in [2.75, 3.05) is 20.2 Å². The van der Waals surface area contributed by atoms with Gasteiger partial charge in [0.1, 0.15) is 5.75 Å². The number of rotatable bonds is 1. The molecule has 4 nitrogen and oxygen atoms in total. The molecule has 3 heterocycles. The first-order valence-corrected chi connectivity index (χ1v) is 7.72. The van der Waals surface area contributed by atoms with E-state index in [1.807, 2.05) is 12.1 Å². The second-order valence-corrected chi connectivity index (χ2v) is 5.99. The van der Waals surface area contributed by atoms with Gasteiger partial charge in [-0.2, -0.15) is 0 Å². The van der Waals surface area contributed by atoms with Crippen LogP contribution in [0, 0.1) is 0 Å². The van der Waals surface area contributed by atoms with E-state index in [1.165, 1.54) is 11.1 Å². The topological polar surface area (TPSA) is 41.6 Å². The Hall–Kier alpha value is -1.97. The zero-order valence-corrected chi connectivity index (χ0v) is 12.3. The van der Waals surface area contributed by atoms with Gasteiger partial charge in [0.25, 0.3) is 5.91 Å². The highest BCUT2D eigenvalue weighted by atomic mass is 16.5. The molecule has 21 heavy (non-hydrogen) atoms. The van der Waals surface area contributed by atoms with E-state index >= 15 is 0 Å². The predicted molar refractivity (Wildman–Crippen MR) is 80.0 cm³/mol. The fourth-order valence-electron chi connectivity index (χ4n) is 3.93. The Morgan fingerprint density at radius 3 is 3.10 bits per heavy atom. The Kier molecular flexibility index (Phi) is 2.91. The largest absolute Gasteiger partial charge is 0.496 e. The summed E-state index contributed by atoms with van der Waals surface area (Å²) in [6.07, 6.45) is 3.80. The van der Waals surface area contributed by atoms with Gasteiger partial charge in [0, 0.05) is 36.3 Å². The molecule has 3 aliphatic rings. The highest BCUT2D eigenvalue weighted by Crippen LogP contribution is 2.44. The summed E-state index contributed by atoms with van der Waals surface area (Å²) in [4.78, 5) is 14.8. The van der Waals surface area contributed by atoms with Crippen molar-refractivity contribution in [3.05, 3.63) is 40.6 Å². The smallest absolute Gasteiger partial charge is 0.252 e. The average Bonchev–Trinajstić information content (AvgIpc) is 2.54. The molecule has 1 N–H and O–H groups in total. The molecule has 1 amide bonds. The molecule has 0 saturated carbocycles. The molecule has 0 aromatic heterocycles. The SMILES string of the molecule is COc1cccc2c1C1CC3=C(CCCN3)C(=O)N1CC2. The molecule has 0 aliphatic carbocycles. The van der Waals surface area contributed by atoms with Crippen LogP contribution in [0.2, 0.25) is 0 Å². The third-order valence-corrected chi connectivity index (χ3v) is 4.93. The fourth-order valence-corrected chi connectivity index (χ4v) is 3.93. The Morgan fingerprint density at radius 2 is 2.24 bits per heavy atom. The number of carbonyl (C=O) groups excluding carboxylic acids is 1. The van der Waals surface area contributed by atoms with Crippen molar-refractivity contribution in [1.29, 1.82) is 0 Å². The summed E-state index contributed by atoms with van der Waals surface area (Å²) in [6, 6.07) is 6.34. The zero-order chi connectivity index (χ0) is 14.4. The normalized spacial score (nSPS) is 24.0. The summed E-state index contributed by atoms with van der Waals surface area (Å²) in [5.41, 5.74) is 4.70. The van der Waals surface area contributed by atoms with Crippen molar-refractivity contribution < 1.29 is 9.53 Å². The molecule has 1 aromatic rings. The maximum absolute atomic E-state index is 12.8. The highest BCUT2D eigenvalue weighted by molar-refractivity contribution is 5.96. The van der Waals surface area contributed by atoms with E-state index in [2.05, 4.69) is 16.3 Å². The number of amides is 1. The maximum atomic E-state index is 12.8. The molecule has 3 aliphatic heterocycles. The minimum absolute atomic E-state index is 0.127. The molecule has 4 heteroatoms. The Bertz CT molecular complexity index is 621. The van der Waals surface area contributed by atoms with Crippen LogP contribution < -0.4 is 10.1 Å². The van der Waals surface area contributed by atoms with Crippen LogP contribution in [-0.2, 0) is 11.2 Å². The third kappa shape index (κ3) is 1.85. The number of benzene rings is 1. The third-order valence-electron chi connectivity index (χ3n) is 4.93. The van der Waals surface area contributed by atoms with Crippen LogP contribution in [0.15, 0.2) is 29.5 Å². The molecular weight excluding hydrogens is 264 g/mol. The summed E-state index contributed by atoms with van der Waals surface area (Å²) < 4.78 is 5.56. The number of carbonyl (C=O) groups is 1. The molecule has 0 radical (unpaired) electrons. The molecule has 110 valence electrons. The predicted octanol–water partition coefficient (Wildman–Crippen LogP) is 2.16. The summed E-state index contributed by atoms with van der Waals surface area (Å²) >= 11 is 0. The second kappa shape index (κ2) is 4.79. The van der Waals surface area contributed by atoms with Crippen molar-refractivity contribution in [3.8, 4) is 5.75 Å². The van der Waals surface area contributed by atoms with E-state index in [0.717, 1.165) is 55.8 Å². The summed E-state index contributed by atoms with van der Waals surface area (Å²) in [5.74, 6) is 1.14. The van der Waals surface area contributed by atoms with Crippen molar-refractivity contribution in [2.45, 2.75) is 31.7 Å². The van der Waals surface area contributed by atoms with Gasteiger partial charge in [-0.05, 0) is 30.9 Å². The van der Waals surface area contributed by atoms with Crippen molar-refractivity contribution in [3.63, 3.8) is 0 Å². The summed E-state index contributed by atoms with van der Waals surface area (Å²) in [6.45, 7) is 1.80. The number of fused-ring (bicyclic) bond motifs is 3. The van der Waals surface area contributed by atoms with Crippen molar-refractivity contribution >= 4 is 5.91 Å². The standard InChI is InChI=1S/C17H20N2O2/c1-21-15-6-2-4-11-7-9-19-14(16(11)15)10-13-12(17(19)20)5-3-8-18-13/h2,4,6,14,18H,3,5,7-10H2,1H3. The van der Waals surface area contributed by atoms with Gasteiger partial charge in [-0.15, -0.1) is 0 Å².